The SMILES string of the molecule is Cc1ccc(C)c(NC(=O)[C@H](OC(=O)C(c2ccccc2)c2ccccc2)c2ccccc2)c1. The number of nitrogens with one attached hydrogen (secondary N) is 1. The molecule has 34 heavy (non-hydrogen) atoms. The first-order valence-corrected chi connectivity index (χ1v) is 11.3. The number of benzene rings is 4. The van der Waals surface area contributed by atoms with Gasteiger partial charge in [-0.3, -0.25) is 9.59 Å². The molecule has 170 valence electrons. The van der Waals surface area contributed by atoms with E-state index >= 15 is 0 Å². The predicted molar refractivity (Wildman–Crippen MR) is 135 cm³/mol. The van der Waals surface area contributed by atoms with Crippen molar-refractivity contribution in [2.24, 2.45) is 0 Å². The van der Waals surface area contributed by atoms with E-state index in [0.717, 1.165) is 22.3 Å². The smallest absolute Gasteiger partial charge is 0.319 e. The lowest BCUT2D eigenvalue weighted by Gasteiger charge is -2.23. The Morgan fingerprint density at radius 1 is 0.676 bits per heavy atom. The molecule has 0 aliphatic heterocycles. The molecule has 0 spiro atoms. The number of rotatable bonds is 7. The van der Waals surface area contributed by atoms with Crippen molar-refractivity contribution in [3.8, 4) is 0 Å². The van der Waals surface area contributed by atoms with Gasteiger partial charge in [0.25, 0.3) is 5.91 Å². The molecule has 4 rings (SSSR count). The van der Waals surface area contributed by atoms with E-state index in [-0.39, 0.29) is 0 Å². The van der Waals surface area contributed by atoms with Gasteiger partial charge in [-0.2, -0.15) is 0 Å². The Bertz CT molecular complexity index is 1210. The Balaban J connectivity index is 1.67. The number of ether oxygens (including phenoxy) is 1. The molecule has 4 nitrogen and oxygen atoms in total. The van der Waals surface area contributed by atoms with Gasteiger partial charge in [0.05, 0.1) is 0 Å². The highest BCUT2D eigenvalue weighted by Gasteiger charge is 2.31. The largest absolute Gasteiger partial charge is 0.447 e. The van der Waals surface area contributed by atoms with Crippen LogP contribution in [0, 0.1) is 13.8 Å². The number of carbonyl (C=O) groups is 2. The van der Waals surface area contributed by atoms with Gasteiger partial charge in [0.15, 0.2) is 0 Å². The monoisotopic (exact) mass is 449 g/mol. The summed E-state index contributed by atoms with van der Waals surface area (Å²) < 4.78 is 5.96. The number of carbonyl (C=O) groups excluding carboxylic acids is 2. The van der Waals surface area contributed by atoms with Gasteiger partial charge in [-0.25, -0.2) is 0 Å². The average Bonchev–Trinajstić information content (AvgIpc) is 2.87. The maximum absolute atomic E-state index is 13.6. The molecule has 1 atom stereocenters. The number of hydrogen-bond acceptors (Lipinski definition) is 3. The van der Waals surface area contributed by atoms with Crippen LogP contribution in [0.4, 0.5) is 5.69 Å². The van der Waals surface area contributed by atoms with Crippen molar-refractivity contribution in [1.29, 1.82) is 0 Å². The summed E-state index contributed by atoms with van der Waals surface area (Å²) >= 11 is 0. The summed E-state index contributed by atoms with van der Waals surface area (Å²) in [4.78, 5) is 27.0. The molecule has 0 heterocycles. The summed E-state index contributed by atoms with van der Waals surface area (Å²) in [5.74, 6) is -1.53. The zero-order chi connectivity index (χ0) is 23.9. The van der Waals surface area contributed by atoms with Crippen molar-refractivity contribution in [2.75, 3.05) is 5.32 Å². The first kappa shape index (κ1) is 23.0. The van der Waals surface area contributed by atoms with Crippen LogP contribution in [0.3, 0.4) is 0 Å². The molecule has 0 aliphatic rings. The number of hydrogen-bond donors (Lipinski definition) is 1. The molecule has 4 aromatic rings. The van der Waals surface area contributed by atoms with Gasteiger partial charge in [0.1, 0.15) is 5.92 Å². The van der Waals surface area contributed by atoms with Gasteiger partial charge in [-0.1, -0.05) is 103 Å². The van der Waals surface area contributed by atoms with Crippen LogP contribution < -0.4 is 5.32 Å². The van der Waals surface area contributed by atoms with Gasteiger partial charge >= 0.3 is 5.97 Å². The van der Waals surface area contributed by atoms with Crippen LogP contribution in [0.2, 0.25) is 0 Å². The summed E-state index contributed by atoms with van der Waals surface area (Å²) in [6.45, 7) is 3.90. The lowest BCUT2D eigenvalue weighted by molar-refractivity contribution is -0.155. The Labute approximate surface area is 200 Å². The minimum Gasteiger partial charge on any atom is -0.447 e. The predicted octanol–water partition coefficient (Wildman–Crippen LogP) is 6.36. The minimum absolute atomic E-state index is 0.395. The van der Waals surface area contributed by atoms with Gasteiger partial charge in [-0.05, 0) is 42.2 Å². The molecular weight excluding hydrogens is 422 g/mol. The van der Waals surface area contributed by atoms with E-state index in [2.05, 4.69) is 5.32 Å². The van der Waals surface area contributed by atoms with E-state index in [1.165, 1.54) is 0 Å². The summed E-state index contributed by atoms with van der Waals surface area (Å²) in [6.07, 6.45) is -1.09. The first-order valence-electron chi connectivity index (χ1n) is 11.3. The molecule has 1 N–H and O–H groups in total. The van der Waals surface area contributed by atoms with E-state index in [4.69, 9.17) is 4.74 Å². The molecule has 0 saturated carbocycles. The van der Waals surface area contributed by atoms with Crippen molar-refractivity contribution in [2.45, 2.75) is 25.9 Å². The van der Waals surface area contributed by atoms with Gasteiger partial charge < -0.3 is 10.1 Å². The fourth-order valence-corrected chi connectivity index (χ4v) is 3.91. The number of anilines is 1. The minimum atomic E-state index is -1.09. The summed E-state index contributed by atoms with van der Waals surface area (Å²) in [7, 11) is 0. The molecular formula is C30H27NO3. The second-order valence-electron chi connectivity index (χ2n) is 8.29. The standard InChI is InChI=1S/C30H27NO3/c1-21-18-19-22(2)26(20-21)31-29(32)28(25-16-10-5-11-17-25)34-30(33)27(23-12-6-3-7-13-23)24-14-8-4-9-15-24/h3-20,27-28H,1-2H3,(H,31,32)/t28-/m1/s1. The molecule has 0 bridgehead atoms. The van der Waals surface area contributed by atoms with E-state index in [1.807, 2.05) is 111 Å². The fraction of sp³-hybridized carbons (Fsp3) is 0.133. The summed E-state index contributed by atoms with van der Waals surface area (Å²) in [5.41, 5.74) is 4.88. The second kappa shape index (κ2) is 10.6. The van der Waals surface area contributed by atoms with Crippen molar-refractivity contribution >= 4 is 17.6 Å². The fourth-order valence-electron chi connectivity index (χ4n) is 3.91. The van der Waals surface area contributed by atoms with Crippen LogP contribution in [0.25, 0.3) is 0 Å². The zero-order valence-corrected chi connectivity index (χ0v) is 19.3. The van der Waals surface area contributed by atoms with Crippen LogP contribution in [0.5, 0.6) is 0 Å². The Hall–Kier alpha value is -4.18. The maximum Gasteiger partial charge on any atom is 0.319 e. The van der Waals surface area contributed by atoms with E-state index < -0.39 is 23.9 Å². The topological polar surface area (TPSA) is 55.4 Å². The van der Waals surface area contributed by atoms with Crippen LogP contribution in [-0.4, -0.2) is 11.9 Å². The number of amides is 1. The van der Waals surface area contributed by atoms with Crippen LogP contribution in [0.15, 0.2) is 109 Å². The molecule has 0 aliphatic carbocycles. The molecule has 0 aromatic heterocycles. The van der Waals surface area contributed by atoms with E-state index in [0.29, 0.717) is 11.3 Å². The molecule has 1 amide bonds. The lowest BCUT2D eigenvalue weighted by Crippen LogP contribution is -2.28. The molecule has 0 fully saturated rings. The molecule has 0 saturated heterocycles. The highest BCUT2D eigenvalue weighted by atomic mass is 16.5. The number of esters is 1. The van der Waals surface area contributed by atoms with Gasteiger partial charge in [-0.15, -0.1) is 0 Å². The summed E-state index contributed by atoms with van der Waals surface area (Å²) in [5, 5.41) is 2.96. The number of aryl methyl sites for hydroxylation is 2. The van der Waals surface area contributed by atoms with Crippen LogP contribution >= 0.6 is 0 Å². The second-order valence-corrected chi connectivity index (χ2v) is 8.29. The highest BCUT2D eigenvalue weighted by molar-refractivity contribution is 5.97. The van der Waals surface area contributed by atoms with Crippen molar-refractivity contribution in [1.82, 2.24) is 0 Å². The molecule has 0 radical (unpaired) electrons. The zero-order valence-electron chi connectivity index (χ0n) is 19.3. The van der Waals surface area contributed by atoms with E-state index in [9.17, 15) is 9.59 Å². The Morgan fingerprint density at radius 3 is 1.71 bits per heavy atom. The Kier molecular flexibility index (Phi) is 7.19. The first-order chi connectivity index (χ1) is 16.5. The molecule has 4 heteroatoms. The Morgan fingerprint density at radius 2 is 1.18 bits per heavy atom. The van der Waals surface area contributed by atoms with Crippen LogP contribution in [-0.2, 0) is 14.3 Å². The quantitative estimate of drug-likeness (QED) is 0.334. The van der Waals surface area contributed by atoms with Crippen molar-refractivity contribution < 1.29 is 14.3 Å². The molecule has 0 unspecified atom stereocenters. The average molecular weight is 450 g/mol. The van der Waals surface area contributed by atoms with Crippen LogP contribution in [0.1, 0.15) is 39.8 Å². The third-order valence-electron chi connectivity index (χ3n) is 5.73. The third kappa shape index (κ3) is 5.41. The highest BCUT2D eigenvalue weighted by Crippen LogP contribution is 2.30. The third-order valence-corrected chi connectivity index (χ3v) is 5.73. The summed E-state index contributed by atoms with van der Waals surface area (Å²) in [6, 6.07) is 33.9. The van der Waals surface area contributed by atoms with Gasteiger partial charge in [0.2, 0.25) is 6.10 Å². The normalized spacial score (nSPS) is 11.6. The van der Waals surface area contributed by atoms with Gasteiger partial charge in [0, 0.05) is 11.3 Å². The van der Waals surface area contributed by atoms with E-state index in [1.54, 1.807) is 12.1 Å². The van der Waals surface area contributed by atoms with Crippen molar-refractivity contribution in [3.05, 3.63) is 137 Å². The molecule has 4 aromatic carbocycles. The lowest BCUT2D eigenvalue weighted by atomic mass is 9.91. The van der Waals surface area contributed by atoms with Crippen molar-refractivity contribution in [3.63, 3.8) is 0 Å². The maximum atomic E-state index is 13.6.